The number of hydroxylamine groups is 2. The highest BCUT2D eigenvalue weighted by atomic mass is 16.7. The number of nitriles is 1. The van der Waals surface area contributed by atoms with E-state index >= 15 is 0 Å². The Morgan fingerprint density at radius 2 is 1.94 bits per heavy atom. The third-order valence-corrected chi connectivity index (χ3v) is 5.52. The van der Waals surface area contributed by atoms with E-state index in [9.17, 15) is 0 Å². The van der Waals surface area contributed by atoms with Gasteiger partial charge in [0.2, 0.25) is 5.88 Å². The molecule has 4 aromatic rings. The fraction of sp³-hybridized carbons (Fsp3) is 0.250. The molecule has 1 aromatic carbocycles. The van der Waals surface area contributed by atoms with Crippen LogP contribution in [0, 0.1) is 11.3 Å². The standard InChI is InChI=1S/C24H23N7O2/c25-8-14-32-31-12-10-30(11-13-31)17-20-3-1-18-15-21(4-5-22(18)28-20)33-24-6-2-19(16-26-24)23-7-9-27-29-23/h1-7,9,15-16H,10-14,17H2,(H,27,29). The first kappa shape index (κ1) is 21.0. The molecule has 1 N–H and O–H groups in total. The van der Waals surface area contributed by atoms with Gasteiger partial charge in [-0.15, -0.1) is 0 Å². The molecule has 1 fully saturated rings. The molecule has 4 heterocycles. The molecular weight excluding hydrogens is 418 g/mol. The Balaban J connectivity index is 1.21. The van der Waals surface area contributed by atoms with Crippen molar-refractivity contribution in [2.45, 2.75) is 6.54 Å². The Bertz CT molecular complexity index is 1240. The van der Waals surface area contributed by atoms with Crippen molar-refractivity contribution >= 4 is 10.9 Å². The minimum absolute atomic E-state index is 0.102. The first-order valence-corrected chi connectivity index (χ1v) is 10.8. The van der Waals surface area contributed by atoms with Crippen molar-refractivity contribution in [1.29, 1.82) is 5.26 Å². The van der Waals surface area contributed by atoms with E-state index in [1.165, 1.54) is 0 Å². The van der Waals surface area contributed by atoms with Crippen molar-refractivity contribution in [3.8, 4) is 29.0 Å². The van der Waals surface area contributed by atoms with Crippen molar-refractivity contribution < 1.29 is 9.57 Å². The summed E-state index contributed by atoms with van der Waals surface area (Å²) in [6.07, 6.45) is 3.47. The van der Waals surface area contributed by atoms with Crippen LogP contribution in [0.3, 0.4) is 0 Å². The van der Waals surface area contributed by atoms with Crippen LogP contribution in [0.5, 0.6) is 11.6 Å². The molecule has 1 aliphatic rings. The van der Waals surface area contributed by atoms with Gasteiger partial charge in [-0.1, -0.05) is 6.07 Å². The van der Waals surface area contributed by atoms with Crippen LogP contribution in [0.2, 0.25) is 0 Å². The Labute approximate surface area is 191 Å². The molecule has 33 heavy (non-hydrogen) atoms. The lowest BCUT2D eigenvalue weighted by Gasteiger charge is -2.33. The first-order valence-electron chi connectivity index (χ1n) is 10.8. The number of nitrogens with zero attached hydrogens (tertiary/aromatic N) is 6. The molecule has 1 saturated heterocycles. The maximum absolute atomic E-state index is 8.63. The molecule has 166 valence electrons. The minimum Gasteiger partial charge on any atom is -0.439 e. The van der Waals surface area contributed by atoms with Gasteiger partial charge < -0.3 is 4.74 Å². The Morgan fingerprint density at radius 3 is 2.70 bits per heavy atom. The Morgan fingerprint density at radius 1 is 1.03 bits per heavy atom. The smallest absolute Gasteiger partial charge is 0.219 e. The molecule has 0 aliphatic carbocycles. The van der Waals surface area contributed by atoms with Gasteiger partial charge in [-0.25, -0.2) is 4.98 Å². The third kappa shape index (κ3) is 5.15. The van der Waals surface area contributed by atoms with Crippen molar-refractivity contribution in [3.63, 3.8) is 0 Å². The number of pyridine rings is 2. The number of fused-ring (bicyclic) bond motifs is 1. The lowest BCUT2D eigenvalue weighted by molar-refractivity contribution is -0.166. The van der Waals surface area contributed by atoms with Gasteiger partial charge in [0, 0.05) is 62.1 Å². The second kappa shape index (κ2) is 9.75. The molecule has 0 bridgehead atoms. The summed E-state index contributed by atoms with van der Waals surface area (Å²) >= 11 is 0. The van der Waals surface area contributed by atoms with Crippen molar-refractivity contribution in [1.82, 2.24) is 30.1 Å². The summed E-state index contributed by atoms with van der Waals surface area (Å²) in [5.74, 6) is 1.24. The lowest BCUT2D eigenvalue weighted by Crippen LogP contribution is -2.45. The molecule has 1 aliphatic heterocycles. The molecular formula is C24H23N7O2. The quantitative estimate of drug-likeness (QED) is 0.466. The normalized spacial score (nSPS) is 14.9. The number of ether oxygens (including phenoxy) is 1. The molecule has 0 saturated carbocycles. The topological polar surface area (TPSA) is 103 Å². The highest BCUT2D eigenvalue weighted by Crippen LogP contribution is 2.26. The zero-order valence-electron chi connectivity index (χ0n) is 18.0. The molecule has 3 aromatic heterocycles. The fourth-order valence-corrected chi connectivity index (χ4v) is 3.80. The highest BCUT2D eigenvalue weighted by Gasteiger charge is 2.18. The Hall–Kier alpha value is -3.84. The van der Waals surface area contributed by atoms with E-state index in [1.807, 2.05) is 47.5 Å². The van der Waals surface area contributed by atoms with Gasteiger partial charge in [0.15, 0.2) is 6.61 Å². The van der Waals surface area contributed by atoms with Crippen molar-refractivity contribution in [2.24, 2.45) is 0 Å². The van der Waals surface area contributed by atoms with Gasteiger partial charge in [0.25, 0.3) is 0 Å². The number of hydrogen-bond acceptors (Lipinski definition) is 8. The highest BCUT2D eigenvalue weighted by molar-refractivity contribution is 5.80. The van der Waals surface area contributed by atoms with E-state index in [1.54, 1.807) is 12.4 Å². The maximum atomic E-state index is 8.63. The zero-order chi connectivity index (χ0) is 22.5. The first-order chi connectivity index (χ1) is 16.3. The van der Waals surface area contributed by atoms with E-state index in [0.717, 1.165) is 60.6 Å². The fourth-order valence-electron chi connectivity index (χ4n) is 3.80. The van der Waals surface area contributed by atoms with E-state index in [4.69, 9.17) is 19.8 Å². The zero-order valence-corrected chi connectivity index (χ0v) is 18.0. The van der Waals surface area contributed by atoms with E-state index < -0.39 is 0 Å². The van der Waals surface area contributed by atoms with E-state index in [0.29, 0.717) is 11.6 Å². The van der Waals surface area contributed by atoms with Crippen molar-refractivity contribution in [3.05, 3.63) is 66.6 Å². The number of hydrogen-bond donors (Lipinski definition) is 1. The molecule has 0 unspecified atom stereocenters. The Kier molecular flexibility index (Phi) is 6.21. The van der Waals surface area contributed by atoms with Crippen molar-refractivity contribution in [2.75, 3.05) is 32.8 Å². The van der Waals surface area contributed by atoms with Crippen LogP contribution in [0.25, 0.3) is 22.2 Å². The molecule has 0 spiro atoms. The SMILES string of the molecule is N#CCON1CCN(Cc2ccc3cc(Oc4ccc(-c5ccn[nH]5)cn4)ccc3n2)CC1. The second-order valence-electron chi connectivity index (χ2n) is 7.75. The number of aromatic nitrogens is 4. The molecule has 0 radical (unpaired) electrons. The van der Waals surface area contributed by atoms with Crippen LogP contribution in [0.15, 0.2) is 60.9 Å². The van der Waals surface area contributed by atoms with Crippen LogP contribution in [-0.4, -0.2) is 62.9 Å². The van der Waals surface area contributed by atoms with Crippen LogP contribution >= 0.6 is 0 Å². The third-order valence-electron chi connectivity index (χ3n) is 5.52. The molecule has 9 nitrogen and oxygen atoms in total. The number of piperazine rings is 1. The minimum atomic E-state index is 0.102. The van der Waals surface area contributed by atoms with Gasteiger partial charge in [-0.2, -0.15) is 15.4 Å². The number of aromatic amines is 1. The van der Waals surface area contributed by atoms with Crippen LogP contribution in [0.1, 0.15) is 5.69 Å². The van der Waals surface area contributed by atoms with Crippen LogP contribution in [-0.2, 0) is 11.4 Å². The largest absolute Gasteiger partial charge is 0.439 e. The number of rotatable bonds is 7. The van der Waals surface area contributed by atoms with Gasteiger partial charge in [0.1, 0.15) is 5.75 Å². The molecule has 0 amide bonds. The summed E-state index contributed by atoms with van der Waals surface area (Å²) < 4.78 is 5.94. The summed E-state index contributed by atoms with van der Waals surface area (Å²) in [5.41, 5.74) is 3.82. The van der Waals surface area contributed by atoms with Gasteiger partial charge >= 0.3 is 0 Å². The maximum Gasteiger partial charge on any atom is 0.219 e. The summed E-state index contributed by atoms with van der Waals surface area (Å²) in [6, 6.07) is 17.7. The molecule has 5 rings (SSSR count). The lowest BCUT2D eigenvalue weighted by atomic mass is 10.2. The average molecular weight is 441 g/mol. The number of H-pyrrole nitrogens is 1. The predicted molar refractivity (Wildman–Crippen MR) is 122 cm³/mol. The average Bonchev–Trinajstić information content (AvgIpc) is 3.39. The van der Waals surface area contributed by atoms with Gasteiger partial charge in [-0.3, -0.25) is 19.8 Å². The van der Waals surface area contributed by atoms with Crippen LogP contribution < -0.4 is 4.74 Å². The molecule has 0 atom stereocenters. The summed E-state index contributed by atoms with van der Waals surface area (Å²) in [7, 11) is 0. The predicted octanol–water partition coefficient (Wildman–Crippen LogP) is 3.38. The van der Waals surface area contributed by atoms with Gasteiger partial charge in [-0.05, 0) is 36.4 Å². The molecule has 9 heteroatoms. The van der Waals surface area contributed by atoms with Crippen LogP contribution in [0.4, 0.5) is 0 Å². The van der Waals surface area contributed by atoms with Gasteiger partial charge in [0.05, 0.1) is 23.0 Å². The summed E-state index contributed by atoms with van der Waals surface area (Å²) in [6.45, 7) is 4.21. The monoisotopic (exact) mass is 441 g/mol. The summed E-state index contributed by atoms with van der Waals surface area (Å²) in [4.78, 5) is 16.9. The summed E-state index contributed by atoms with van der Waals surface area (Å²) in [5, 5.41) is 18.4. The van der Waals surface area contributed by atoms with E-state index in [2.05, 4.69) is 32.2 Å². The number of benzene rings is 1. The number of nitrogens with one attached hydrogen (secondary N) is 1. The second-order valence-corrected chi connectivity index (χ2v) is 7.75. The van der Waals surface area contributed by atoms with E-state index in [-0.39, 0.29) is 6.61 Å².